The SMILES string of the molecule is Cc1ccc2c(c1)nc(N)c1ncc(/C=C\c3ccc(-c4ccccc4)cc3)cc12. The van der Waals surface area contributed by atoms with E-state index in [1.54, 1.807) is 0 Å². The number of hydrogen-bond acceptors (Lipinski definition) is 3. The molecule has 144 valence electrons. The molecule has 0 saturated heterocycles. The van der Waals surface area contributed by atoms with Crippen LogP contribution in [0.25, 0.3) is 45.1 Å². The lowest BCUT2D eigenvalue weighted by Gasteiger charge is -2.07. The van der Waals surface area contributed by atoms with Crippen LogP contribution in [0, 0.1) is 6.92 Å². The normalized spacial score (nSPS) is 11.5. The van der Waals surface area contributed by atoms with Gasteiger partial charge in [-0.05, 0) is 46.9 Å². The van der Waals surface area contributed by atoms with Crippen molar-refractivity contribution in [1.29, 1.82) is 0 Å². The zero-order chi connectivity index (χ0) is 20.5. The van der Waals surface area contributed by atoms with E-state index in [9.17, 15) is 0 Å². The molecule has 5 aromatic rings. The van der Waals surface area contributed by atoms with Crippen molar-refractivity contribution in [2.45, 2.75) is 6.92 Å². The van der Waals surface area contributed by atoms with Crippen LogP contribution in [-0.4, -0.2) is 9.97 Å². The first kappa shape index (κ1) is 18.1. The topological polar surface area (TPSA) is 51.8 Å². The van der Waals surface area contributed by atoms with Crippen LogP contribution in [0.1, 0.15) is 16.7 Å². The lowest BCUT2D eigenvalue weighted by molar-refractivity contribution is 1.35. The molecule has 30 heavy (non-hydrogen) atoms. The molecule has 0 radical (unpaired) electrons. The summed E-state index contributed by atoms with van der Waals surface area (Å²) in [5.41, 5.74) is 13.6. The molecule has 3 nitrogen and oxygen atoms in total. The number of pyridine rings is 2. The van der Waals surface area contributed by atoms with Crippen LogP contribution < -0.4 is 5.73 Å². The van der Waals surface area contributed by atoms with Gasteiger partial charge in [0.15, 0.2) is 5.82 Å². The molecule has 0 fully saturated rings. The zero-order valence-corrected chi connectivity index (χ0v) is 16.7. The summed E-state index contributed by atoms with van der Waals surface area (Å²) in [4.78, 5) is 9.10. The van der Waals surface area contributed by atoms with Gasteiger partial charge >= 0.3 is 0 Å². The maximum absolute atomic E-state index is 6.16. The fourth-order valence-corrected chi connectivity index (χ4v) is 3.74. The molecule has 0 unspecified atom stereocenters. The first-order chi connectivity index (χ1) is 14.7. The summed E-state index contributed by atoms with van der Waals surface area (Å²) in [5.74, 6) is 0.468. The number of nitrogens with two attached hydrogens (primary N) is 1. The van der Waals surface area contributed by atoms with Gasteiger partial charge in [-0.15, -0.1) is 0 Å². The highest BCUT2D eigenvalue weighted by atomic mass is 14.9. The van der Waals surface area contributed by atoms with Crippen molar-refractivity contribution in [2.24, 2.45) is 0 Å². The number of aryl methyl sites for hydroxylation is 1. The number of aromatic nitrogens is 2. The Kier molecular flexibility index (Phi) is 4.49. The maximum atomic E-state index is 6.16. The second-order valence-electron chi connectivity index (χ2n) is 7.50. The first-order valence-electron chi connectivity index (χ1n) is 9.96. The van der Waals surface area contributed by atoms with E-state index in [-0.39, 0.29) is 0 Å². The van der Waals surface area contributed by atoms with Crippen molar-refractivity contribution >= 4 is 39.8 Å². The minimum atomic E-state index is 0.468. The molecule has 0 aliphatic heterocycles. The molecule has 0 saturated carbocycles. The number of rotatable bonds is 3. The molecule has 0 aliphatic carbocycles. The predicted molar refractivity (Wildman–Crippen MR) is 127 cm³/mol. The zero-order valence-electron chi connectivity index (χ0n) is 16.7. The van der Waals surface area contributed by atoms with E-state index >= 15 is 0 Å². The number of hydrogen-bond donors (Lipinski definition) is 1. The molecule has 3 heteroatoms. The Morgan fingerprint density at radius 2 is 1.47 bits per heavy atom. The third-order valence-electron chi connectivity index (χ3n) is 5.32. The van der Waals surface area contributed by atoms with Gasteiger partial charge in [-0.1, -0.05) is 78.9 Å². The Morgan fingerprint density at radius 1 is 0.733 bits per heavy atom. The summed E-state index contributed by atoms with van der Waals surface area (Å²) >= 11 is 0. The van der Waals surface area contributed by atoms with Gasteiger partial charge in [0.1, 0.15) is 5.52 Å². The van der Waals surface area contributed by atoms with Crippen LogP contribution in [-0.2, 0) is 0 Å². The lowest BCUT2D eigenvalue weighted by atomic mass is 10.0. The Morgan fingerprint density at radius 3 is 2.27 bits per heavy atom. The monoisotopic (exact) mass is 387 g/mol. The van der Waals surface area contributed by atoms with E-state index in [2.05, 4.69) is 102 Å². The van der Waals surface area contributed by atoms with Crippen LogP contribution in [0.5, 0.6) is 0 Å². The van der Waals surface area contributed by atoms with Gasteiger partial charge in [0.25, 0.3) is 0 Å². The van der Waals surface area contributed by atoms with Crippen molar-refractivity contribution in [1.82, 2.24) is 9.97 Å². The summed E-state index contributed by atoms with van der Waals surface area (Å²) in [7, 11) is 0. The van der Waals surface area contributed by atoms with E-state index in [1.165, 1.54) is 11.1 Å². The van der Waals surface area contributed by atoms with Crippen LogP contribution in [0.3, 0.4) is 0 Å². The first-order valence-corrected chi connectivity index (χ1v) is 9.96. The van der Waals surface area contributed by atoms with E-state index in [0.29, 0.717) is 5.82 Å². The quantitative estimate of drug-likeness (QED) is 0.359. The summed E-state index contributed by atoms with van der Waals surface area (Å²) in [6.07, 6.45) is 6.03. The van der Waals surface area contributed by atoms with Crippen molar-refractivity contribution < 1.29 is 0 Å². The molecule has 2 N–H and O–H groups in total. The molecule has 5 rings (SSSR count). The van der Waals surface area contributed by atoms with Gasteiger partial charge in [-0.2, -0.15) is 0 Å². The van der Waals surface area contributed by atoms with Crippen molar-refractivity contribution in [3.63, 3.8) is 0 Å². The summed E-state index contributed by atoms with van der Waals surface area (Å²) in [6.45, 7) is 2.06. The lowest BCUT2D eigenvalue weighted by Crippen LogP contribution is -1.96. The van der Waals surface area contributed by atoms with Gasteiger partial charge < -0.3 is 5.73 Å². The third-order valence-corrected chi connectivity index (χ3v) is 5.32. The molecule has 0 atom stereocenters. The molecular weight excluding hydrogens is 366 g/mol. The highest BCUT2D eigenvalue weighted by Crippen LogP contribution is 2.28. The highest BCUT2D eigenvalue weighted by Gasteiger charge is 2.08. The van der Waals surface area contributed by atoms with E-state index in [1.807, 2.05) is 12.3 Å². The van der Waals surface area contributed by atoms with Gasteiger partial charge in [0, 0.05) is 17.0 Å². The van der Waals surface area contributed by atoms with Crippen LogP contribution in [0.15, 0.2) is 85.1 Å². The number of nitrogens with zero attached hydrogens (tertiary/aromatic N) is 2. The Balaban J connectivity index is 1.49. The van der Waals surface area contributed by atoms with Gasteiger partial charge in [0.05, 0.1) is 5.52 Å². The average molecular weight is 387 g/mol. The predicted octanol–water partition coefficient (Wildman–Crippen LogP) is 6.51. The van der Waals surface area contributed by atoms with E-state index in [0.717, 1.165) is 38.5 Å². The fraction of sp³-hybridized carbons (Fsp3) is 0.0370. The van der Waals surface area contributed by atoms with Crippen molar-refractivity contribution in [2.75, 3.05) is 5.73 Å². The molecule has 2 aromatic heterocycles. The minimum Gasteiger partial charge on any atom is -0.382 e. The third kappa shape index (κ3) is 3.42. The summed E-state index contributed by atoms with van der Waals surface area (Å²) < 4.78 is 0. The molecule has 0 bridgehead atoms. The summed E-state index contributed by atoms with van der Waals surface area (Å²) in [6, 6.07) is 27.3. The maximum Gasteiger partial charge on any atom is 0.150 e. The number of benzene rings is 3. The van der Waals surface area contributed by atoms with E-state index < -0.39 is 0 Å². The largest absolute Gasteiger partial charge is 0.382 e. The van der Waals surface area contributed by atoms with E-state index in [4.69, 9.17) is 5.73 Å². The molecular formula is C27H21N3. The standard InChI is InChI=1S/C27H21N3/c1-18-7-14-23-24-16-20(17-29-26(24)27(28)30-25(23)15-18)9-8-19-10-12-22(13-11-19)21-5-3-2-4-6-21/h2-17H,1H3,(H2,28,30)/b9-8-. The number of fused-ring (bicyclic) bond motifs is 3. The highest BCUT2D eigenvalue weighted by molar-refractivity contribution is 6.08. The molecule has 2 heterocycles. The minimum absolute atomic E-state index is 0.468. The van der Waals surface area contributed by atoms with Crippen LogP contribution in [0.2, 0.25) is 0 Å². The van der Waals surface area contributed by atoms with Crippen LogP contribution in [0.4, 0.5) is 5.82 Å². The van der Waals surface area contributed by atoms with Crippen LogP contribution >= 0.6 is 0 Å². The second kappa shape index (κ2) is 7.45. The average Bonchev–Trinajstić information content (AvgIpc) is 2.78. The van der Waals surface area contributed by atoms with Gasteiger partial charge in [0.2, 0.25) is 0 Å². The smallest absolute Gasteiger partial charge is 0.150 e. The fourth-order valence-electron chi connectivity index (χ4n) is 3.74. The summed E-state index contributed by atoms with van der Waals surface area (Å²) in [5, 5.41) is 2.10. The van der Waals surface area contributed by atoms with Gasteiger partial charge in [-0.25, -0.2) is 4.98 Å². The Hall–Kier alpha value is -3.98. The number of anilines is 1. The number of nitrogen functional groups attached to an aromatic ring is 1. The molecule has 0 spiro atoms. The van der Waals surface area contributed by atoms with Crippen molar-refractivity contribution in [3.05, 3.63) is 102 Å². The molecule has 0 aliphatic rings. The molecule has 3 aromatic carbocycles. The second-order valence-corrected chi connectivity index (χ2v) is 7.50. The Bertz CT molecular complexity index is 1390. The molecule has 0 amide bonds. The Labute approximate surface area is 175 Å². The van der Waals surface area contributed by atoms with Crippen molar-refractivity contribution in [3.8, 4) is 11.1 Å². The van der Waals surface area contributed by atoms with Gasteiger partial charge in [-0.3, -0.25) is 4.98 Å².